The van der Waals surface area contributed by atoms with Crippen molar-refractivity contribution in [3.8, 4) is 5.69 Å². The van der Waals surface area contributed by atoms with E-state index >= 15 is 0 Å². The molecule has 0 amide bonds. The summed E-state index contributed by atoms with van der Waals surface area (Å²) in [6, 6.07) is 9.55. The second-order valence-electron chi connectivity index (χ2n) is 5.93. The van der Waals surface area contributed by atoms with Gasteiger partial charge in [-0.1, -0.05) is 25.1 Å². The van der Waals surface area contributed by atoms with Crippen LogP contribution in [0.5, 0.6) is 0 Å². The second kappa shape index (κ2) is 6.72. The zero-order valence-corrected chi connectivity index (χ0v) is 15.2. The van der Waals surface area contributed by atoms with Gasteiger partial charge in [0, 0.05) is 5.38 Å². The Labute approximate surface area is 153 Å². The number of aromatic nitrogens is 5. The maximum Gasteiger partial charge on any atom is 0.263 e. The fourth-order valence-corrected chi connectivity index (χ4v) is 3.55. The smallest absolute Gasteiger partial charge is 0.263 e. The number of hydrogen-bond donors (Lipinski definition) is 2. The van der Waals surface area contributed by atoms with Gasteiger partial charge in [-0.3, -0.25) is 9.78 Å². The summed E-state index contributed by atoms with van der Waals surface area (Å²) in [4.78, 5) is 24.3. The Balaban J connectivity index is 1.71. The average molecular weight is 366 g/mol. The lowest BCUT2D eigenvalue weighted by Gasteiger charge is -2.12. The van der Waals surface area contributed by atoms with E-state index in [-0.39, 0.29) is 11.6 Å². The van der Waals surface area contributed by atoms with E-state index in [0.29, 0.717) is 17.0 Å². The summed E-state index contributed by atoms with van der Waals surface area (Å²) in [5.41, 5.74) is 2.08. The molecule has 132 valence electrons. The molecule has 0 fully saturated rings. The van der Waals surface area contributed by atoms with Gasteiger partial charge in [0.05, 0.1) is 28.6 Å². The largest absolute Gasteiger partial charge is 0.348 e. The Kier molecular flexibility index (Phi) is 4.26. The minimum absolute atomic E-state index is 0.0692. The third-order valence-corrected chi connectivity index (χ3v) is 5.12. The number of aryl methyl sites for hydroxylation is 1. The monoisotopic (exact) mass is 366 g/mol. The molecule has 1 aromatic carbocycles. The Hall–Kier alpha value is -3.00. The van der Waals surface area contributed by atoms with Crippen LogP contribution in [0.15, 0.2) is 46.7 Å². The van der Waals surface area contributed by atoms with Crippen LogP contribution < -0.4 is 10.9 Å². The average Bonchev–Trinajstić information content (AvgIpc) is 3.29. The minimum atomic E-state index is -0.223. The van der Waals surface area contributed by atoms with Crippen molar-refractivity contribution in [1.82, 2.24) is 24.7 Å². The number of anilines is 1. The molecule has 7 nitrogen and oxygen atoms in total. The number of nitrogens with zero attached hydrogens (tertiary/aromatic N) is 4. The number of benzene rings is 1. The van der Waals surface area contributed by atoms with E-state index in [9.17, 15) is 4.79 Å². The molecule has 0 saturated heterocycles. The number of hydrogen-bond acceptors (Lipinski definition) is 6. The summed E-state index contributed by atoms with van der Waals surface area (Å²) >= 11 is 1.64. The van der Waals surface area contributed by atoms with Crippen LogP contribution >= 0.6 is 11.3 Å². The van der Waals surface area contributed by atoms with Crippen molar-refractivity contribution in [1.29, 1.82) is 0 Å². The van der Waals surface area contributed by atoms with Crippen LogP contribution in [-0.4, -0.2) is 24.7 Å². The van der Waals surface area contributed by atoms with Gasteiger partial charge in [0.15, 0.2) is 5.65 Å². The number of thiazole rings is 1. The Morgan fingerprint density at radius 1 is 1.27 bits per heavy atom. The predicted octanol–water partition coefficient (Wildman–Crippen LogP) is 3.30. The SMILES string of the molecule is CCc1nc(C(C)Nc2nc3c(cnn3-c3ccccc3)c(=O)[nH]2)cs1. The highest BCUT2D eigenvalue weighted by atomic mass is 32.1. The van der Waals surface area contributed by atoms with Gasteiger partial charge < -0.3 is 5.32 Å². The van der Waals surface area contributed by atoms with Gasteiger partial charge in [0.2, 0.25) is 5.95 Å². The van der Waals surface area contributed by atoms with Crippen molar-refractivity contribution in [3.63, 3.8) is 0 Å². The number of rotatable bonds is 5. The lowest BCUT2D eigenvalue weighted by atomic mass is 10.2. The normalized spacial score (nSPS) is 12.4. The first-order valence-corrected chi connectivity index (χ1v) is 9.28. The zero-order chi connectivity index (χ0) is 18.1. The fourth-order valence-electron chi connectivity index (χ4n) is 2.71. The first kappa shape index (κ1) is 16.5. The number of nitrogens with one attached hydrogen (secondary N) is 2. The van der Waals surface area contributed by atoms with Gasteiger partial charge >= 0.3 is 0 Å². The van der Waals surface area contributed by atoms with E-state index in [4.69, 9.17) is 0 Å². The first-order valence-electron chi connectivity index (χ1n) is 8.40. The van der Waals surface area contributed by atoms with Crippen molar-refractivity contribution >= 4 is 28.3 Å². The molecule has 26 heavy (non-hydrogen) atoms. The quantitative estimate of drug-likeness (QED) is 0.566. The summed E-state index contributed by atoms with van der Waals surface area (Å²) < 4.78 is 1.67. The van der Waals surface area contributed by atoms with E-state index in [1.165, 1.54) is 6.20 Å². The number of fused-ring (bicyclic) bond motifs is 1. The number of aromatic amines is 1. The third-order valence-electron chi connectivity index (χ3n) is 4.11. The summed E-state index contributed by atoms with van der Waals surface area (Å²) in [5.74, 6) is 0.402. The topological polar surface area (TPSA) is 88.5 Å². The highest BCUT2D eigenvalue weighted by Gasteiger charge is 2.14. The van der Waals surface area contributed by atoms with Crippen molar-refractivity contribution in [3.05, 3.63) is 63.0 Å². The van der Waals surface area contributed by atoms with E-state index in [1.807, 2.05) is 42.6 Å². The molecule has 0 radical (unpaired) electrons. The minimum Gasteiger partial charge on any atom is -0.348 e. The summed E-state index contributed by atoms with van der Waals surface area (Å²) in [5, 5.41) is 11.1. The molecule has 0 aliphatic rings. The van der Waals surface area contributed by atoms with Gasteiger partial charge in [0.25, 0.3) is 5.56 Å². The van der Waals surface area contributed by atoms with Crippen LogP contribution in [0.1, 0.15) is 30.6 Å². The highest BCUT2D eigenvalue weighted by molar-refractivity contribution is 7.09. The van der Waals surface area contributed by atoms with Crippen LogP contribution in [0.3, 0.4) is 0 Å². The molecular weight excluding hydrogens is 348 g/mol. The first-order chi connectivity index (χ1) is 12.7. The fraction of sp³-hybridized carbons (Fsp3) is 0.222. The zero-order valence-electron chi connectivity index (χ0n) is 14.4. The molecule has 0 bridgehead atoms. The van der Waals surface area contributed by atoms with Crippen molar-refractivity contribution in [2.24, 2.45) is 0 Å². The molecular formula is C18H18N6OS. The number of para-hydroxylation sites is 1. The van der Waals surface area contributed by atoms with Crippen molar-refractivity contribution in [2.45, 2.75) is 26.3 Å². The predicted molar refractivity (Wildman–Crippen MR) is 103 cm³/mol. The molecule has 0 aliphatic heterocycles. The summed E-state index contributed by atoms with van der Waals surface area (Å²) in [7, 11) is 0. The van der Waals surface area contributed by atoms with Gasteiger partial charge in [-0.2, -0.15) is 10.1 Å². The van der Waals surface area contributed by atoms with Gasteiger partial charge in [0.1, 0.15) is 5.39 Å². The van der Waals surface area contributed by atoms with E-state index in [2.05, 4.69) is 32.3 Å². The molecule has 2 N–H and O–H groups in total. The molecule has 8 heteroatoms. The van der Waals surface area contributed by atoms with Crippen molar-refractivity contribution in [2.75, 3.05) is 5.32 Å². The standard InChI is InChI=1S/C18H18N6OS/c1-3-15-21-14(10-26-15)11(2)20-18-22-16-13(17(25)23-18)9-19-24(16)12-7-5-4-6-8-12/h4-11H,3H2,1-2H3,(H2,20,22,23,25). The molecule has 1 atom stereocenters. The summed E-state index contributed by atoms with van der Waals surface area (Å²) in [6.07, 6.45) is 2.45. The highest BCUT2D eigenvalue weighted by Crippen LogP contribution is 2.21. The lowest BCUT2D eigenvalue weighted by Crippen LogP contribution is -2.16. The molecule has 0 saturated carbocycles. The van der Waals surface area contributed by atoms with Crippen LogP contribution in [0.2, 0.25) is 0 Å². The molecule has 4 aromatic rings. The van der Waals surface area contributed by atoms with Crippen molar-refractivity contribution < 1.29 is 0 Å². The van der Waals surface area contributed by atoms with Gasteiger partial charge in [-0.25, -0.2) is 9.67 Å². The van der Waals surface area contributed by atoms with Gasteiger partial charge in [-0.15, -0.1) is 11.3 Å². The Morgan fingerprint density at radius 3 is 2.81 bits per heavy atom. The maximum absolute atomic E-state index is 12.4. The molecule has 3 aromatic heterocycles. The molecule has 0 spiro atoms. The van der Waals surface area contributed by atoms with E-state index < -0.39 is 0 Å². The van der Waals surface area contributed by atoms with Gasteiger partial charge in [-0.05, 0) is 25.5 Å². The Bertz CT molecular complexity index is 1100. The molecule has 4 rings (SSSR count). The molecule has 3 heterocycles. The lowest BCUT2D eigenvalue weighted by molar-refractivity contribution is 0.819. The third kappa shape index (κ3) is 2.99. The molecule has 1 unspecified atom stereocenters. The number of H-pyrrole nitrogens is 1. The Morgan fingerprint density at radius 2 is 2.08 bits per heavy atom. The second-order valence-corrected chi connectivity index (χ2v) is 6.87. The van der Waals surface area contributed by atoms with Crippen LogP contribution in [0.4, 0.5) is 5.95 Å². The van der Waals surface area contributed by atoms with E-state index in [1.54, 1.807) is 16.0 Å². The maximum atomic E-state index is 12.4. The summed E-state index contributed by atoms with van der Waals surface area (Å²) in [6.45, 7) is 4.07. The van der Waals surface area contributed by atoms with Crippen LogP contribution in [-0.2, 0) is 6.42 Å². The van der Waals surface area contributed by atoms with E-state index in [0.717, 1.165) is 22.8 Å². The molecule has 0 aliphatic carbocycles. The van der Waals surface area contributed by atoms with Crippen LogP contribution in [0.25, 0.3) is 16.7 Å². The van der Waals surface area contributed by atoms with Crippen LogP contribution in [0, 0.1) is 0 Å².